The van der Waals surface area contributed by atoms with Gasteiger partial charge in [0.1, 0.15) is 0 Å². The summed E-state index contributed by atoms with van der Waals surface area (Å²) >= 11 is 0. The molecule has 2 unspecified atom stereocenters. The molecule has 21 heavy (non-hydrogen) atoms. The third kappa shape index (κ3) is 7.20. The van der Waals surface area contributed by atoms with Gasteiger partial charge in [0.25, 0.3) is 0 Å². The van der Waals surface area contributed by atoms with Crippen LogP contribution in [0.4, 0.5) is 0 Å². The van der Waals surface area contributed by atoms with Crippen LogP contribution < -0.4 is 0 Å². The van der Waals surface area contributed by atoms with E-state index < -0.39 is 0 Å². The Morgan fingerprint density at radius 1 is 0.905 bits per heavy atom. The maximum atomic E-state index is 2.44. The molecule has 0 aromatic carbocycles. The van der Waals surface area contributed by atoms with Gasteiger partial charge in [-0.15, -0.1) is 0 Å². The van der Waals surface area contributed by atoms with Crippen LogP contribution in [0.5, 0.6) is 0 Å². The fourth-order valence-electron chi connectivity index (χ4n) is 3.22. The minimum atomic E-state index is 0.854. The monoisotopic (exact) mass is 291 g/mol. The van der Waals surface area contributed by atoms with Gasteiger partial charge < -0.3 is 4.57 Å². The van der Waals surface area contributed by atoms with Gasteiger partial charge in [0.2, 0.25) is 0 Å². The second-order valence-corrected chi connectivity index (χ2v) is 6.75. The van der Waals surface area contributed by atoms with Crippen LogP contribution in [-0.4, -0.2) is 4.57 Å². The molecule has 0 radical (unpaired) electrons. The van der Waals surface area contributed by atoms with E-state index in [0.29, 0.717) is 0 Å². The molecule has 1 rings (SSSR count). The Morgan fingerprint density at radius 2 is 1.52 bits per heavy atom. The van der Waals surface area contributed by atoms with Crippen molar-refractivity contribution in [1.82, 2.24) is 4.57 Å². The molecule has 0 aliphatic rings. The Hall–Kier alpha value is -0.720. The second-order valence-electron chi connectivity index (χ2n) is 6.75. The van der Waals surface area contributed by atoms with Crippen molar-refractivity contribution in [2.24, 2.45) is 11.8 Å². The highest BCUT2D eigenvalue weighted by Gasteiger charge is 2.10. The predicted octanol–water partition coefficient (Wildman–Crippen LogP) is 6.46. The lowest BCUT2D eigenvalue weighted by atomic mass is 9.93. The summed E-state index contributed by atoms with van der Waals surface area (Å²) < 4.78 is 2.44. The number of hydrogen-bond donors (Lipinski definition) is 0. The first kappa shape index (κ1) is 18.3. The van der Waals surface area contributed by atoms with Gasteiger partial charge in [-0.25, -0.2) is 0 Å². The van der Waals surface area contributed by atoms with E-state index in [1.165, 1.54) is 64.3 Å². The first-order chi connectivity index (χ1) is 10.2. The van der Waals surface area contributed by atoms with Crippen molar-refractivity contribution in [3.63, 3.8) is 0 Å². The van der Waals surface area contributed by atoms with E-state index in [0.717, 1.165) is 11.8 Å². The molecule has 1 heterocycles. The minimum Gasteiger partial charge on any atom is -0.354 e. The minimum absolute atomic E-state index is 0.854. The highest BCUT2D eigenvalue weighted by atomic mass is 14.9. The lowest BCUT2D eigenvalue weighted by molar-refractivity contribution is 0.390. The molecular formula is C20H37N. The molecule has 0 N–H and O–H groups in total. The molecule has 0 saturated heterocycles. The molecule has 1 heteroatoms. The number of aromatic nitrogens is 1. The van der Waals surface area contributed by atoms with E-state index in [1.807, 2.05) is 0 Å². The van der Waals surface area contributed by atoms with Gasteiger partial charge in [-0.2, -0.15) is 0 Å². The lowest BCUT2D eigenvalue weighted by Crippen LogP contribution is -2.09. The maximum absolute atomic E-state index is 2.44. The van der Waals surface area contributed by atoms with Crippen molar-refractivity contribution < 1.29 is 0 Å². The van der Waals surface area contributed by atoms with Gasteiger partial charge in [0.05, 0.1) is 0 Å². The zero-order chi connectivity index (χ0) is 15.5. The summed E-state index contributed by atoms with van der Waals surface area (Å²) in [5, 5.41) is 0. The average Bonchev–Trinajstić information content (AvgIpc) is 2.94. The Labute approximate surface area is 133 Å². The van der Waals surface area contributed by atoms with Crippen LogP contribution in [0.1, 0.15) is 84.6 Å². The summed E-state index contributed by atoms with van der Waals surface area (Å²) in [5.74, 6) is 1.73. The molecule has 0 bridgehead atoms. The van der Waals surface area contributed by atoms with Crippen LogP contribution in [-0.2, 0) is 13.0 Å². The largest absolute Gasteiger partial charge is 0.354 e. The molecule has 0 aliphatic carbocycles. The predicted molar refractivity (Wildman–Crippen MR) is 94.7 cm³/mol. The fourth-order valence-corrected chi connectivity index (χ4v) is 3.22. The Morgan fingerprint density at radius 3 is 2.10 bits per heavy atom. The summed E-state index contributed by atoms with van der Waals surface area (Å²) in [5.41, 5.74) is 1.54. The zero-order valence-corrected chi connectivity index (χ0v) is 14.9. The molecule has 1 aromatic heterocycles. The van der Waals surface area contributed by atoms with Crippen LogP contribution in [0.2, 0.25) is 0 Å². The Bertz CT molecular complexity index is 320. The number of unbranched alkanes of at least 4 members (excludes halogenated alkanes) is 2. The zero-order valence-electron chi connectivity index (χ0n) is 14.9. The number of nitrogens with zero attached hydrogens (tertiary/aromatic N) is 1. The van der Waals surface area contributed by atoms with Gasteiger partial charge in [0, 0.05) is 18.9 Å². The van der Waals surface area contributed by atoms with Crippen molar-refractivity contribution in [3.8, 4) is 0 Å². The average molecular weight is 292 g/mol. The van der Waals surface area contributed by atoms with E-state index in [1.54, 1.807) is 5.56 Å². The van der Waals surface area contributed by atoms with Crippen LogP contribution in [0.25, 0.3) is 0 Å². The third-order valence-electron chi connectivity index (χ3n) is 4.89. The second kappa shape index (κ2) is 10.9. The molecule has 1 aromatic rings. The molecule has 122 valence electrons. The van der Waals surface area contributed by atoms with E-state index in [9.17, 15) is 0 Å². The van der Waals surface area contributed by atoms with E-state index in [-0.39, 0.29) is 0 Å². The summed E-state index contributed by atoms with van der Waals surface area (Å²) in [4.78, 5) is 0. The number of rotatable bonds is 12. The first-order valence-electron chi connectivity index (χ1n) is 9.37. The van der Waals surface area contributed by atoms with E-state index in [2.05, 4.69) is 50.7 Å². The van der Waals surface area contributed by atoms with Gasteiger partial charge in [-0.3, -0.25) is 0 Å². The SMILES string of the molecule is CCCCC(CC)Cc1ccn(CC(CC)CCCC)c1. The topological polar surface area (TPSA) is 4.93 Å². The van der Waals surface area contributed by atoms with Crippen LogP contribution in [0, 0.1) is 11.8 Å². The molecule has 0 fully saturated rings. The normalized spacial score (nSPS) is 14.3. The molecule has 0 saturated carbocycles. The lowest BCUT2D eigenvalue weighted by Gasteiger charge is -2.15. The maximum Gasteiger partial charge on any atom is 0.0247 e. The highest BCUT2D eigenvalue weighted by Crippen LogP contribution is 2.20. The van der Waals surface area contributed by atoms with Gasteiger partial charge >= 0.3 is 0 Å². The quantitative estimate of drug-likeness (QED) is 0.416. The summed E-state index contributed by atoms with van der Waals surface area (Å²) in [7, 11) is 0. The summed E-state index contributed by atoms with van der Waals surface area (Å²) in [6, 6.07) is 2.35. The van der Waals surface area contributed by atoms with Crippen molar-refractivity contribution in [3.05, 3.63) is 24.0 Å². The molecular weight excluding hydrogens is 254 g/mol. The van der Waals surface area contributed by atoms with Gasteiger partial charge in [0.15, 0.2) is 0 Å². The Kier molecular flexibility index (Phi) is 9.54. The summed E-state index contributed by atoms with van der Waals surface area (Å²) in [6.07, 6.45) is 16.8. The van der Waals surface area contributed by atoms with Crippen molar-refractivity contribution in [2.75, 3.05) is 0 Å². The standard InChI is InChI=1S/C20H37N/c1-5-9-11-18(7-3)15-20-13-14-21(17-20)16-19(8-4)12-10-6-2/h13-14,17-19H,5-12,15-16H2,1-4H3. The van der Waals surface area contributed by atoms with Crippen LogP contribution >= 0.6 is 0 Å². The van der Waals surface area contributed by atoms with E-state index in [4.69, 9.17) is 0 Å². The molecule has 1 nitrogen and oxygen atoms in total. The van der Waals surface area contributed by atoms with Crippen molar-refractivity contribution in [2.45, 2.75) is 92.0 Å². The molecule has 0 aliphatic heterocycles. The third-order valence-corrected chi connectivity index (χ3v) is 4.89. The molecule has 0 spiro atoms. The first-order valence-corrected chi connectivity index (χ1v) is 9.37. The fraction of sp³-hybridized carbons (Fsp3) is 0.800. The highest BCUT2D eigenvalue weighted by molar-refractivity contribution is 5.11. The molecule has 2 atom stereocenters. The summed E-state index contributed by atoms with van der Waals surface area (Å²) in [6.45, 7) is 10.5. The molecule has 0 amide bonds. The van der Waals surface area contributed by atoms with Crippen LogP contribution in [0.15, 0.2) is 18.5 Å². The van der Waals surface area contributed by atoms with Crippen molar-refractivity contribution in [1.29, 1.82) is 0 Å². The van der Waals surface area contributed by atoms with Crippen LogP contribution in [0.3, 0.4) is 0 Å². The van der Waals surface area contributed by atoms with Gasteiger partial charge in [-0.05, 0) is 36.3 Å². The van der Waals surface area contributed by atoms with Gasteiger partial charge in [-0.1, -0.05) is 72.6 Å². The Balaban J connectivity index is 2.47. The van der Waals surface area contributed by atoms with E-state index >= 15 is 0 Å². The number of hydrogen-bond acceptors (Lipinski definition) is 0. The smallest absolute Gasteiger partial charge is 0.0247 e. The van der Waals surface area contributed by atoms with Crippen molar-refractivity contribution >= 4 is 0 Å².